The topological polar surface area (TPSA) is 52.7 Å². The van der Waals surface area contributed by atoms with Crippen molar-refractivity contribution in [3.63, 3.8) is 0 Å². The fourth-order valence-corrected chi connectivity index (χ4v) is 2.75. The summed E-state index contributed by atoms with van der Waals surface area (Å²) in [5.41, 5.74) is 0. The molecule has 5 nitrogen and oxygen atoms in total. The first kappa shape index (κ1) is 13.5. The Kier molecular flexibility index (Phi) is 4.72. The second-order valence-corrected chi connectivity index (χ2v) is 5.25. The van der Waals surface area contributed by atoms with Crippen LogP contribution in [-0.4, -0.2) is 60.9 Å². The van der Waals surface area contributed by atoms with E-state index in [1.165, 1.54) is 17.7 Å². The van der Waals surface area contributed by atoms with Crippen molar-refractivity contribution in [2.24, 2.45) is 0 Å². The molecule has 0 radical (unpaired) electrons. The normalized spacial score (nSPS) is 25.9. The van der Waals surface area contributed by atoms with E-state index in [9.17, 15) is 9.59 Å². The highest BCUT2D eigenvalue weighted by Gasteiger charge is 2.29. The molecule has 1 unspecified atom stereocenters. The Morgan fingerprint density at radius 3 is 2.67 bits per heavy atom. The van der Waals surface area contributed by atoms with Gasteiger partial charge < -0.3 is 10.2 Å². The Morgan fingerprint density at radius 1 is 1.22 bits per heavy atom. The van der Waals surface area contributed by atoms with Crippen LogP contribution in [0, 0.1) is 0 Å². The van der Waals surface area contributed by atoms with Crippen molar-refractivity contribution in [2.75, 3.05) is 33.2 Å². The predicted molar refractivity (Wildman–Crippen MR) is 69.1 cm³/mol. The maximum absolute atomic E-state index is 11.5. The van der Waals surface area contributed by atoms with Gasteiger partial charge in [-0.2, -0.15) is 0 Å². The lowest BCUT2D eigenvalue weighted by Gasteiger charge is -2.28. The number of carbonyl (C=O) groups is 2. The second-order valence-electron chi connectivity index (χ2n) is 5.25. The van der Waals surface area contributed by atoms with Crippen LogP contribution in [0.25, 0.3) is 0 Å². The van der Waals surface area contributed by atoms with E-state index in [2.05, 4.69) is 17.3 Å². The summed E-state index contributed by atoms with van der Waals surface area (Å²) in [4.78, 5) is 26.7. The molecule has 0 spiro atoms. The van der Waals surface area contributed by atoms with E-state index in [-0.39, 0.29) is 11.8 Å². The van der Waals surface area contributed by atoms with Gasteiger partial charge in [-0.3, -0.25) is 14.5 Å². The number of rotatable bonds is 4. The van der Waals surface area contributed by atoms with Gasteiger partial charge in [-0.1, -0.05) is 0 Å². The van der Waals surface area contributed by atoms with Crippen LogP contribution in [0.1, 0.15) is 32.1 Å². The third-order valence-electron chi connectivity index (χ3n) is 4.00. The Labute approximate surface area is 108 Å². The highest BCUT2D eigenvalue weighted by atomic mass is 16.2. The molecule has 2 amide bonds. The molecule has 0 aliphatic carbocycles. The summed E-state index contributed by atoms with van der Waals surface area (Å²) >= 11 is 0. The molecule has 2 aliphatic rings. The van der Waals surface area contributed by atoms with Crippen LogP contribution < -0.4 is 5.32 Å². The number of likely N-dealkylation sites (tertiary alicyclic amines) is 1. The first-order valence-electron chi connectivity index (χ1n) is 6.92. The summed E-state index contributed by atoms with van der Waals surface area (Å²) in [7, 11) is 2.10. The van der Waals surface area contributed by atoms with Crippen molar-refractivity contribution in [2.45, 2.75) is 38.1 Å². The van der Waals surface area contributed by atoms with Crippen LogP contribution in [0.15, 0.2) is 0 Å². The minimum atomic E-state index is -0.00377. The van der Waals surface area contributed by atoms with Crippen molar-refractivity contribution in [1.29, 1.82) is 0 Å². The zero-order valence-corrected chi connectivity index (χ0v) is 11.2. The third kappa shape index (κ3) is 3.29. The highest BCUT2D eigenvalue weighted by molar-refractivity contribution is 6.01. The maximum Gasteiger partial charge on any atom is 0.229 e. The van der Waals surface area contributed by atoms with Crippen LogP contribution in [0.3, 0.4) is 0 Å². The van der Waals surface area contributed by atoms with E-state index in [0.717, 1.165) is 26.1 Å². The van der Waals surface area contributed by atoms with Crippen LogP contribution >= 0.6 is 0 Å². The molecule has 1 atom stereocenters. The maximum atomic E-state index is 11.5. The van der Waals surface area contributed by atoms with Gasteiger partial charge in [0.15, 0.2) is 0 Å². The van der Waals surface area contributed by atoms with Gasteiger partial charge in [0.1, 0.15) is 0 Å². The van der Waals surface area contributed by atoms with E-state index in [0.29, 0.717) is 25.4 Å². The smallest absolute Gasteiger partial charge is 0.229 e. The molecule has 0 bridgehead atoms. The molecule has 1 N–H and O–H groups in total. The summed E-state index contributed by atoms with van der Waals surface area (Å²) in [5.74, 6) is -0.00753. The summed E-state index contributed by atoms with van der Waals surface area (Å²) in [6, 6.07) is 0.577. The van der Waals surface area contributed by atoms with Gasteiger partial charge in [0.05, 0.1) is 0 Å². The zero-order chi connectivity index (χ0) is 13.0. The number of nitrogens with one attached hydrogen (secondary N) is 1. The Bertz CT molecular complexity index is 295. The first-order valence-corrected chi connectivity index (χ1v) is 6.92. The van der Waals surface area contributed by atoms with Gasteiger partial charge >= 0.3 is 0 Å². The predicted octanol–water partition coefficient (Wildman–Crippen LogP) is 0.209. The molecule has 0 saturated carbocycles. The average molecular weight is 253 g/mol. The van der Waals surface area contributed by atoms with Gasteiger partial charge in [-0.15, -0.1) is 0 Å². The van der Waals surface area contributed by atoms with Crippen molar-refractivity contribution >= 4 is 11.8 Å². The molecule has 2 rings (SSSR count). The number of imide groups is 1. The van der Waals surface area contributed by atoms with Gasteiger partial charge in [-0.25, -0.2) is 0 Å². The van der Waals surface area contributed by atoms with Crippen molar-refractivity contribution in [3.8, 4) is 0 Å². The van der Waals surface area contributed by atoms with Crippen LogP contribution in [0.4, 0.5) is 0 Å². The molecule has 0 aromatic rings. The summed E-state index contributed by atoms with van der Waals surface area (Å²) < 4.78 is 0. The average Bonchev–Trinajstić information content (AvgIpc) is 2.61. The van der Waals surface area contributed by atoms with E-state index in [1.54, 1.807) is 0 Å². The minimum Gasteiger partial charge on any atom is -0.317 e. The Hall–Kier alpha value is -0.940. The minimum absolute atomic E-state index is 0.00377. The lowest BCUT2D eigenvalue weighted by molar-refractivity contribution is -0.138. The molecule has 0 aromatic heterocycles. The Morgan fingerprint density at radius 2 is 1.94 bits per heavy atom. The monoisotopic (exact) mass is 253 g/mol. The standard InChI is InChI=1S/C13H23N3O2/c1-15(11-3-2-7-14-8-6-11)9-10-16-12(17)4-5-13(16)18/h11,14H,2-10H2,1H3. The Balaban J connectivity index is 1.78. The van der Waals surface area contributed by atoms with Gasteiger partial charge in [0, 0.05) is 32.0 Å². The molecule has 102 valence electrons. The SMILES string of the molecule is CN(CCN1C(=O)CCC1=O)C1CCCNCC1. The van der Waals surface area contributed by atoms with Crippen LogP contribution in [0.2, 0.25) is 0 Å². The van der Waals surface area contributed by atoms with E-state index >= 15 is 0 Å². The lowest BCUT2D eigenvalue weighted by Crippen LogP contribution is -2.40. The van der Waals surface area contributed by atoms with Crippen molar-refractivity contribution in [1.82, 2.24) is 15.1 Å². The summed E-state index contributed by atoms with van der Waals surface area (Å²) in [6.45, 7) is 3.52. The molecule has 2 saturated heterocycles. The molecular formula is C13H23N3O2. The van der Waals surface area contributed by atoms with E-state index in [4.69, 9.17) is 0 Å². The van der Waals surface area contributed by atoms with E-state index < -0.39 is 0 Å². The van der Waals surface area contributed by atoms with Gasteiger partial charge in [0.25, 0.3) is 0 Å². The molecular weight excluding hydrogens is 230 g/mol. The highest BCUT2D eigenvalue weighted by Crippen LogP contribution is 2.14. The fraction of sp³-hybridized carbons (Fsp3) is 0.846. The van der Waals surface area contributed by atoms with Crippen molar-refractivity contribution < 1.29 is 9.59 Å². The summed E-state index contributed by atoms with van der Waals surface area (Å²) in [5, 5.41) is 3.40. The summed E-state index contributed by atoms with van der Waals surface area (Å²) in [6.07, 6.45) is 4.35. The fourth-order valence-electron chi connectivity index (χ4n) is 2.75. The number of amides is 2. The number of hydrogen-bond acceptors (Lipinski definition) is 4. The zero-order valence-electron chi connectivity index (χ0n) is 11.2. The number of hydrogen-bond donors (Lipinski definition) is 1. The molecule has 0 aromatic carbocycles. The number of likely N-dealkylation sites (N-methyl/N-ethyl adjacent to an activating group) is 1. The van der Waals surface area contributed by atoms with Crippen LogP contribution in [0.5, 0.6) is 0 Å². The van der Waals surface area contributed by atoms with Crippen molar-refractivity contribution in [3.05, 3.63) is 0 Å². The molecule has 2 aliphatic heterocycles. The van der Waals surface area contributed by atoms with Gasteiger partial charge in [0.2, 0.25) is 11.8 Å². The lowest BCUT2D eigenvalue weighted by atomic mass is 10.1. The van der Waals surface area contributed by atoms with Gasteiger partial charge in [-0.05, 0) is 39.4 Å². The molecule has 18 heavy (non-hydrogen) atoms. The molecule has 2 heterocycles. The second kappa shape index (κ2) is 6.29. The quantitative estimate of drug-likeness (QED) is 0.728. The first-order chi connectivity index (χ1) is 8.68. The molecule has 5 heteroatoms. The van der Waals surface area contributed by atoms with E-state index in [1.807, 2.05) is 0 Å². The third-order valence-corrected chi connectivity index (χ3v) is 4.00. The molecule has 2 fully saturated rings. The number of carbonyl (C=O) groups excluding carboxylic acids is 2. The number of nitrogens with zero attached hydrogens (tertiary/aromatic N) is 2. The largest absolute Gasteiger partial charge is 0.317 e. The van der Waals surface area contributed by atoms with Crippen LogP contribution in [-0.2, 0) is 9.59 Å².